The number of carbonyl (C=O) groups excluding carboxylic acids is 2. The molecule has 3 heterocycles. The highest BCUT2D eigenvalue weighted by molar-refractivity contribution is 6.11. The zero-order valence-corrected chi connectivity index (χ0v) is 19.2. The van der Waals surface area contributed by atoms with E-state index in [1.807, 2.05) is 24.5 Å². The number of pyridine rings is 1. The molecule has 8 nitrogen and oxygen atoms in total. The van der Waals surface area contributed by atoms with Gasteiger partial charge in [0, 0.05) is 24.0 Å². The number of nitrogens with zero attached hydrogens (tertiary/aromatic N) is 2. The van der Waals surface area contributed by atoms with Gasteiger partial charge in [0.15, 0.2) is 5.69 Å². The largest absolute Gasteiger partial charge is 0.464 e. The van der Waals surface area contributed by atoms with Crippen LogP contribution in [0, 0.1) is 5.92 Å². The number of rotatable bonds is 9. The summed E-state index contributed by atoms with van der Waals surface area (Å²) in [5, 5.41) is 7.12. The van der Waals surface area contributed by atoms with E-state index in [1.165, 1.54) is 7.11 Å². The Bertz CT molecular complexity index is 933. The number of hydrogen-bond donors (Lipinski definition) is 2. The average molecular weight is 431 g/mol. The van der Waals surface area contributed by atoms with Gasteiger partial charge in [0.05, 0.1) is 37.3 Å². The number of ether oxygens (including phenoxy) is 2. The first kappa shape index (κ1) is 23.1. The lowest BCUT2D eigenvalue weighted by Crippen LogP contribution is -2.23. The SMILES string of the molecule is CC[C@@H](C)C(=O)Nc1c(C(=O)OC)n(C[C@@H]2CCCO2)c2ncc(N[C@@H](C)CC)cc12. The number of esters is 1. The number of anilines is 2. The molecule has 3 rings (SSSR count). The predicted octanol–water partition coefficient (Wildman–Crippen LogP) is 4.20. The summed E-state index contributed by atoms with van der Waals surface area (Å²) < 4.78 is 12.7. The maximum atomic E-state index is 12.8. The number of fused-ring (bicyclic) bond motifs is 1. The maximum Gasteiger partial charge on any atom is 0.356 e. The van der Waals surface area contributed by atoms with Crippen LogP contribution in [0.25, 0.3) is 11.0 Å². The van der Waals surface area contributed by atoms with E-state index in [9.17, 15) is 9.59 Å². The third kappa shape index (κ3) is 5.01. The molecule has 2 N–H and O–H groups in total. The molecule has 0 radical (unpaired) electrons. The topological polar surface area (TPSA) is 94.5 Å². The predicted molar refractivity (Wildman–Crippen MR) is 122 cm³/mol. The van der Waals surface area contributed by atoms with Crippen LogP contribution in [0.15, 0.2) is 12.3 Å². The van der Waals surface area contributed by atoms with Crippen molar-refractivity contribution in [2.24, 2.45) is 5.92 Å². The van der Waals surface area contributed by atoms with Crippen molar-refractivity contribution in [2.75, 3.05) is 24.4 Å². The second-order valence-electron chi connectivity index (χ2n) is 8.31. The lowest BCUT2D eigenvalue weighted by atomic mass is 10.1. The molecule has 1 saturated heterocycles. The van der Waals surface area contributed by atoms with E-state index in [1.54, 1.807) is 6.20 Å². The van der Waals surface area contributed by atoms with E-state index < -0.39 is 5.97 Å². The van der Waals surface area contributed by atoms with Crippen molar-refractivity contribution in [3.63, 3.8) is 0 Å². The molecule has 1 aliphatic heterocycles. The van der Waals surface area contributed by atoms with E-state index >= 15 is 0 Å². The molecule has 1 fully saturated rings. The van der Waals surface area contributed by atoms with Gasteiger partial charge in [-0.05, 0) is 38.7 Å². The molecule has 0 bridgehead atoms. The highest BCUT2D eigenvalue weighted by Crippen LogP contribution is 2.34. The molecule has 2 aromatic heterocycles. The maximum absolute atomic E-state index is 12.8. The molecule has 1 amide bonds. The molecule has 0 unspecified atom stereocenters. The van der Waals surface area contributed by atoms with Gasteiger partial charge in [-0.1, -0.05) is 20.8 Å². The van der Waals surface area contributed by atoms with Crippen molar-refractivity contribution in [1.82, 2.24) is 9.55 Å². The van der Waals surface area contributed by atoms with Crippen LogP contribution in [0.3, 0.4) is 0 Å². The second kappa shape index (κ2) is 10.1. The zero-order valence-electron chi connectivity index (χ0n) is 19.2. The smallest absolute Gasteiger partial charge is 0.356 e. The molecule has 0 spiro atoms. The lowest BCUT2D eigenvalue weighted by molar-refractivity contribution is -0.119. The Morgan fingerprint density at radius 1 is 1.32 bits per heavy atom. The minimum Gasteiger partial charge on any atom is -0.464 e. The Labute approximate surface area is 183 Å². The summed E-state index contributed by atoms with van der Waals surface area (Å²) in [5.41, 5.74) is 2.22. The van der Waals surface area contributed by atoms with Gasteiger partial charge < -0.3 is 24.7 Å². The fourth-order valence-electron chi connectivity index (χ4n) is 3.73. The van der Waals surface area contributed by atoms with Gasteiger partial charge in [-0.3, -0.25) is 4.79 Å². The molecule has 3 atom stereocenters. The van der Waals surface area contributed by atoms with Gasteiger partial charge in [0.1, 0.15) is 5.65 Å². The Hall–Kier alpha value is -2.61. The first-order chi connectivity index (χ1) is 14.9. The highest BCUT2D eigenvalue weighted by Gasteiger charge is 2.29. The Morgan fingerprint density at radius 2 is 2.10 bits per heavy atom. The summed E-state index contributed by atoms with van der Waals surface area (Å²) in [6.07, 6.45) is 5.34. The van der Waals surface area contributed by atoms with Crippen molar-refractivity contribution in [2.45, 2.75) is 72.1 Å². The van der Waals surface area contributed by atoms with Gasteiger partial charge in [0.2, 0.25) is 5.91 Å². The third-order valence-corrected chi connectivity index (χ3v) is 6.02. The second-order valence-corrected chi connectivity index (χ2v) is 8.31. The van der Waals surface area contributed by atoms with E-state index in [2.05, 4.69) is 29.5 Å². The normalized spacial score (nSPS) is 18.0. The molecule has 31 heavy (non-hydrogen) atoms. The Morgan fingerprint density at radius 3 is 2.71 bits per heavy atom. The third-order valence-electron chi connectivity index (χ3n) is 6.02. The Balaban J connectivity index is 2.16. The standard InChI is InChI=1S/C23H34N4O4/c1-6-14(3)22(28)26-19-18-11-16(25-15(4)7-2)12-24-21(18)27(20(19)23(29)30-5)13-17-9-8-10-31-17/h11-12,14-15,17,25H,6-10,13H2,1-5H3,(H,26,28)/t14-,15+,17+/m1/s1. The summed E-state index contributed by atoms with van der Waals surface area (Å²) in [6.45, 7) is 9.22. The van der Waals surface area contributed by atoms with Gasteiger partial charge in [-0.25, -0.2) is 9.78 Å². The number of aromatic nitrogens is 2. The number of nitrogens with one attached hydrogen (secondary N) is 2. The molecule has 170 valence electrons. The summed E-state index contributed by atoms with van der Waals surface area (Å²) in [5.74, 6) is -0.826. The number of amides is 1. The fourth-order valence-corrected chi connectivity index (χ4v) is 3.73. The van der Waals surface area contributed by atoms with Gasteiger partial charge in [-0.2, -0.15) is 0 Å². The van der Waals surface area contributed by atoms with Crippen LogP contribution in [-0.2, 0) is 20.8 Å². The number of methoxy groups -OCH3 is 1. The summed E-state index contributed by atoms with van der Waals surface area (Å²) >= 11 is 0. The van der Waals surface area contributed by atoms with Crippen molar-refractivity contribution in [3.05, 3.63) is 18.0 Å². The Kier molecular flexibility index (Phi) is 7.54. The van der Waals surface area contributed by atoms with E-state index in [0.717, 1.165) is 24.9 Å². The van der Waals surface area contributed by atoms with Crippen LogP contribution in [0.5, 0.6) is 0 Å². The van der Waals surface area contributed by atoms with Crippen molar-refractivity contribution in [1.29, 1.82) is 0 Å². The van der Waals surface area contributed by atoms with E-state index in [4.69, 9.17) is 9.47 Å². The van der Waals surface area contributed by atoms with Gasteiger partial charge in [-0.15, -0.1) is 0 Å². The first-order valence-electron chi connectivity index (χ1n) is 11.2. The van der Waals surface area contributed by atoms with Crippen LogP contribution < -0.4 is 10.6 Å². The highest BCUT2D eigenvalue weighted by atomic mass is 16.5. The quantitative estimate of drug-likeness (QED) is 0.579. The summed E-state index contributed by atoms with van der Waals surface area (Å²) in [7, 11) is 1.35. The number of hydrogen-bond acceptors (Lipinski definition) is 6. The van der Waals surface area contributed by atoms with Crippen LogP contribution >= 0.6 is 0 Å². The van der Waals surface area contributed by atoms with E-state index in [-0.39, 0.29) is 24.0 Å². The van der Waals surface area contributed by atoms with Crippen LogP contribution in [0.1, 0.15) is 63.9 Å². The van der Waals surface area contributed by atoms with Crippen molar-refractivity contribution < 1.29 is 19.1 Å². The molecular weight excluding hydrogens is 396 g/mol. The molecule has 1 aliphatic rings. The van der Waals surface area contributed by atoms with Crippen LogP contribution in [0.4, 0.5) is 11.4 Å². The minimum absolute atomic E-state index is 0.00293. The number of carbonyl (C=O) groups is 2. The van der Waals surface area contributed by atoms with E-state index in [0.29, 0.717) is 42.0 Å². The molecule has 0 aliphatic carbocycles. The molecule has 0 saturated carbocycles. The molecule has 8 heteroatoms. The zero-order chi connectivity index (χ0) is 22.5. The van der Waals surface area contributed by atoms with Crippen molar-refractivity contribution in [3.8, 4) is 0 Å². The molecule has 2 aromatic rings. The van der Waals surface area contributed by atoms with Crippen LogP contribution in [0.2, 0.25) is 0 Å². The van der Waals surface area contributed by atoms with Crippen molar-refractivity contribution >= 4 is 34.3 Å². The van der Waals surface area contributed by atoms with Gasteiger partial charge in [0.25, 0.3) is 0 Å². The lowest BCUT2D eigenvalue weighted by Gasteiger charge is -2.15. The monoisotopic (exact) mass is 430 g/mol. The molecule has 0 aromatic carbocycles. The minimum atomic E-state index is -0.508. The van der Waals surface area contributed by atoms with Gasteiger partial charge >= 0.3 is 5.97 Å². The first-order valence-corrected chi connectivity index (χ1v) is 11.2. The molecular formula is C23H34N4O4. The summed E-state index contributed by atoms with van der Waals surface area (Å²) in [6, 6.07) is 2.21. The fraction of sp³-hybridized carbons (Fsp3) is 0.609. The summed E-state index contributed by atoms with van der Waals surface area (Å²) in [4.78, 5) is 30.3. The average Bonchev–Trinajstić information content (AvgIpc) is 3.39. The van der Waals surface area contributed by atoms with Crippen LogP contribution in [-0.4, -0.2) is 47.3 Å².